The zero-order valence-corrected chi connectivity index (χ0v) is 11.4. The lowest BCUT2D eigenvalue weighted by Gasteiger charge is -2.19. The van der Waals surface area contributed by atoms with E-state index in [-0.39, 0.29) is 18.5 Å². The van der Waals surface area contributed by atoms with Crippen LogP contribution in [0.3, 0.4) is 0 Å². The molecule has 3 nitrogen and oxygen atoms in total. The molecule has 2 rings (SSSR count). The molecule has 0 heterocycles. The van der Waals surface area contributed by atoms with Gasteiger partial charge < -0.3 is 16.2 Å². The fraction of sp³-hybridized carbons (Fsp3) is 0.250. The second-order valence-electron chi connectivity index (χ2n) is 4.90. The van der Waals surface area contributed by atoms with Crippen molar-refractivity contribution in [3.8, 4) is 0 Å². The van der Waals surface area contributed by atoms with Gasteiger partial charge in [-0.15, -0.1) is 0 Å². The van der Waals surface area contributed by atoms with Gasteiger partial charge in [0, 0.05) is 0 Å². The highest BCUT2D eigenvalue weighted by Crippen LogP contribution is 2.23. The molecular formula is C16H19FN2O. The van der Waals surface area contributed by atoms with Crippen molar-refractivity contribution < 1.29 is 9.50 Å². The van der Waals surface area contributed by atoms with Crippen LogP contribution >= 0.6 is 0 Å². The number of benzene rings is 2. The van der Waals surface area contributed by atoms with Crippen molar-refractivity contribution in [2.24, 2.45) is 0 Å². The van der Waals surface area contributed by atoms with Gasteiger partial charge in [-0.2, -0.15) is 0 Å². The quantitative estimate of drug-likeness (QED) is 0.735. The summed E-state index contributed by atoms with van der Waals surface area (Å²) >= 11 is 0. The van der Waals surface area contributed by atoms with E-state index < -0.39 is 0 Å². The van der Waals surface area contributed by atoms with Crippen LogP contribution in [0.2, 0.25) is 0 Å². The summed E-state index contributed by atoms with van der Waals surface area (Å²) in [4.78, 5) is 0. The molecule has 0 spiro atoms. The van der Waals surface area contributed by atoms with Gasteiger partial charge in [0.25, 0.3) is 0 Å². The maximum absolute atomic E-state index is 13.4. The van der Waals surface area contributed by atoms with Crippen LogP contribution in [0.4, 0.5) is 15.8 Å². The summed E-state index contributed by atoms with van der Waals surface area (Å²) < 4.78 is 13.4. The fourth-order valence-corrected chi connectivity index (χ4v) is 2.10. The Bertz CT molecular complexity index is 572. The average molecular weight is 274 g/mol. The smallest absolute Gasteiger partial charge is 0.128 e. The molecule has 0 saturated carbocycles. The van der Waals surface area contributed by atoms with Gasteiger partial charge >= 0.3 is 0 Å². The fourth-order valence-electron chi connectivity index (χ4n) is 2.10. The third-order valence-electron chi connectivity index (χ3n) is 3.24. The normalized spacial score (nSPS) is 12.2. The number of aliphatic hydroxyl groups excluding tert-OH is 1. The first kappa shape index (κ1) is 14.3. The van der Waals surface area contributed by atoms with Gasteiger partial charge in [-0.25, -0.2) is 4.39 Å². The molecule has 0 saturated heterocycles. The molecule has 0 aromatic heterocycles. The van der Waals surface area contributed by atoms with Gasteiger partial charge in [-0.1, -0.05) is 30.3 Å². The molecule has 106 valence electrons. The molecule has 0 aliphatic carbocycles. The number of halogens is 1. The molecular weight excluding hydrogens is 255 g/mol. The number of anilines is 2. The molecule has 4 N–H and O–H groups in total. The average Bonchev–Trinajstić information content (AvgIpc) is 2.45. The van der Waals surface area contributed by atoms with Crippen molar-refractivity contribution in [1.82, 2.24) is 0 Å². The first-order valence-corrected chi connectivity index (χ1v) is 6.57. The molecule has 0 amide bonds. The highest BCUT2D eigenvalue weighted by atomic mass is 19.1. The van der Waals surface area contributed by atoms with Crippen LogP contribution in [0.1, 0.15) is 11.1 Å². The second kappa shape index (κ2) is 6.39. The number of nitrogens with one attached hydrogen (secondary N) is 1. The Kier molecular flexibility index (Phi) is 4.58. The number of hydrogen-bond donors (Lipinski definition) is 3. The minimum absolute atomic E-state index is 0.0231. The molecule has 0 radical (unpaired) electrons. The van der Waals surface area contributed by atoms with Gasteiger partial charge in [-0.05, 0) is 36.6 Å². The number of nitrogen functional groups attached to an aromatic ring is 1. The molecule has 2 aromatic rings. The largest absolute Gasteiger partial charge is 0.397 e. The lowest BCUT2D eigenvalue weighted by Crippen LogP contribution is -2.27. The number of aryl methyl sites for hydroxylation is 1. The van der Waals surface area contributed by atoms with Crippen LogP contribution < -0.4 is 11.1 Å². The topological polar surface area (TPSA) is 58.3 Å². The van der Waals surface area contributed by atoms with Gasteiger partial charge in [0.15, 0.2) is 0 Å². The van der Waals surface area contributed by atoms with Gasteiger partial charge in [-0.3, -0.25) is 0 Å². The number of hydrogen-bond acceptors (Lipinski definition) is 3. The SMILES string of the molecule is Cc1cc(NC(CO)Cc2ccccc2)c(N)cc1F. The molecule has 2 aromatic carbocycles. The Hall–Kier alpha value is -2.07. The zero-order valence-electron chi connectivity index (χ0n) is 11.4. The highest BCUT2D eigenvalue weighted by molar-refractivity contribution is 5.67. The van der Waals surface area contributed by atoms with Crippen molar-refractivity contribution in [3.05, 3.63) is 59.4 Å². The summed E-state index contributed by atoms with van der Waals surface area (Å²) in [5.41, 5.74) is 8.45. The van der Waals surface area contributed by atoms with E-state index in [4.69, 9.17) is 5.73 Å². The van der Waals surface area contributed by atoms with Gasteiger partial charge in [0.1, 0.15) is 5.82 Å². The first-order chi connectivity index (χ1) is 9.60. The second-order valence-corrected chi connectivity index (χ2v) is 4.90. The Balaban J connectivity index is 2.12. The van der Waals surface area contributed by atoms with Crippen LogP contribution in [0.25, 0.3) is 0 Å². The molecule has 0 fully saturated rings. The van der Waals surface area contributed by atoms with E-state index in [2.05, 4.69) is 5.32 Å². The van der Waals surface area contributed by atoms with Crippen LogP contribution in [0.5, 0.6) is 0 Å². The van der Waals surface area contributed by atoms with Crippen molar-refractivity contribution >= 4 is 11.4 Å². The summed E-state index contributed by atoms with van der Waals surface area (Å²) in [5, 5.41) is 12.7. The Labute approximate surface area is 118 Å². The van der Waals surface area contributed by atoms with Crippen LogP contribution in [0, 0.1) is 12.7 Å². The highest BCUT2D eigenvalue weighted by Gasteiger charge is 2.11. The Morgan fingerprint density at radius 2 is 1.95 bits per heavy atom. The van der Waals surface area contributed by atoms with Crippen LogP contribution in [0.15, 0.2) is 42.5 Å². The third-order valence-corrected chi connectivity index (χ3v) is 3.24. The summed E-state index contributed by atoms with van der Waals surface area (Å²) in [6.07, 6.45) is 0.674. The monoisotopic (exact) mass is 274 g/mol. The molecule has 20 heavy (non-hydrogen) atoms. The molecule has 0 bridgehead atoms. The summed E-state index contributed by atoms with van der Waals surface area (Å²) in [7, 11) is 0. The maximum Gasteiger partial charge on any atom is 0.128 e. The first-order valence-electron chi connectivity index (χ1n) is 6.57. The molecule has 1 atom stereocenters. The van der Waals surface area contributed by atoms with E-state index in [0.717, 1.165) is 5.56 Å². The zero-order chi connectivity index (χ0) is 14.5. The molecule has 0 aliphatic rings. The molecule has 1 unspecified atom stereocenters. The number of aliphatic hydroxyl groups is 1. The van der Waals surface area contributed by atoms with E-state index in [1.54, 1.807) is 13.0 Å². The van der Waals surface area contributed by atoms with Crippen molar-refractivity contribution in [2.75, 3.05) is 17.7 Å². The lowest BCUT2D eigenvalue weighted by atomic mass is 10.1. The van der Waals surface area contributed by atoms with E-state index in [9.17, 15) is 9.50 Å². The molecule has 4 heteroatoms. The van der Waals surface area contributed by atoms with Gasteiger partial charge in [0.2, 0.25) is 0 Å². The Morgan fingerprint density at radius 3 is 2.60 bits per heavy atom. The van der Waals surface area contributed by atoms with Crippen molar-refractivity contribution in [2.45, 2.75) is 19.4 Å². The summed E-state index contributed by atoms with van der Waals surface area (Å²) in [6, 6.07) is 12.7. The van der Waals surface area contributed by atoms with Crippen LogP contribution in [-0.2, 0) is 6.42 Å². The minimum atomic E-state index is -0.323. The predicted octanol–water partition coefficient (Wildman–Crippen LogP) is 2.73. The van der Waals surface area contributed by atoms with Crippen molar-refractivity contribution in [1.29, 1.82) is 0 Å². The van der Waals surface area contributed by atoms with E-state index in [1.165, 1.54) is 6.07 Å². The standard InChI is InChI=1S/C16H19FN2O/c1-11-7-16(15(18)9-14(11)17)19-13(10-20)8-12-5-3-2-4-6-12/h2-7,9,13,19-20H,8,10,18H2,1H3. The van der Waals surface area contributed by atoms with Crippen molar-refractivity contribution in [3.63, 3.8) is 0 Å². The van der Waals surface area contributed by atoms with E-state index >= 15 is 0 Å². The van der Waals surface area contributed by atoms with Gasteiger partial charge in [0.05, 0.1) is 24.0 Å². The van der Waals surface area contributed by atoms with E-state index in [0.29, 0.717) is 23.4 Å². The molecule has 0 aliphatic heterocycles. The number of nitrogens with two attached hydrogens (primary N) is 1. The summed E-state index contributed by atoms with van der Waals surface area (Å²) in [6.45, 7) is 1.66. The number of rotatable bonds is 5. The summed E-state index contributed by atoms with van der Waals surface area (Å²) in [5.74, 6) is -0.323. The third kappa shape index (κ3) is 3.48. The Morgan fingerprint density at radius 1 is 1.25 bits per heavy atom. The van der Waals surface area contributed by atoms with Crippen LogP contribution in [-0.4, -0.2) is 17.8 Å². The van der Waals surface area contributed by atoms with E-state index in [1.807, 2.05) is 30.3 Å². The maximum atomic E-state index is 13.4. The minimum Gasteiger partial charge on any atom is -0.397 e. The lowest BCUT2D eigenvalue weighted by molar-refractivity contribution is 0.274. The predicted molar refractivity (Wildman–Crippen MR) is 80.2 cm³/mol.